The van der Waals surface area contributed by atoms with Crippen LogP contribution in [0.2, 0.25) is 0 Å². The first-order chi connectivity index (χ1) is 8.28. The maximum absolute atomic E-state index is 9.29. The lowest BCUT2D eigenvalue weighted by Gasteiger charge is -2.03. The third-order valence-electron chi connectivity index (χ3n) is 2.27. The summed E-state index contributed by atoms with van der Waals surface area (Å²) in [5.74, 6) is 0.877. The second-order valence-electron chi connectivity index (χ2n) is 3.77. The van der Waals surface area contributed by atoms with Gasteiger partial charge in [-0.05, 0) is 25.0 Å². The minimum Gasteiger partial charge on any atom is -0.508 e. The molecular weight excluding hydrogens is 234 g/mol. The number of phenolic OH excluding ortho intramolecular Hbond substituents is 1. The van der Waals surface area contributed by atoms with Gasteiger partial charge >= 0.3 is 0 Å². The standard InChI is InChI=1S/C13H15NO2S/c1-2-4-13-14-10(9-17-13)8-16-12-6-3-5-11(15)7-12/h3,5-7,9,15H,2,4,8H2,1H3. The lowest BCUT2D eigenvalue weighted by molar-refractivity contribution is 0.300. The number of rotatable bonds is 5. The minimum atomic E-state index is 0.215. The summed E-state index contributed by atoms with van der Waals surface area (Å²) >= 11 is 1.67. The fraction of sp³-hybridized carbons (Fsp3) is 0.308. The molecule has 0 saturated carbocycles. The molecule has 0 unspecified atom stereocenters. The van der Waals surface area contributed by atoms with E-state index < -0.39 is 0 Å². The molecule has 1 N–H and O–H groups in total. The highest BCUT2D eigenvalue weighted by Crippen LogP contribution is 2.19. The van der Waals surface area contributed by atoms with Gasteiger partial charge in [0, 0.05) is 11.4 Å². The van der Waals surface area contributed by atoms with Crippen LogP contribution in [0.25, 0.3) is 0 Å². The molecule has 4 heteroatoms. The Morgan fingerprint density at radius 3 is 3.06 bits per heavy atom. The van der Waals surface area contributed by atoms with Crippen molar-refractivity contribution in [2.24, 2.45) is 0 Å². The Bertz CT molecular complexity index is 482. The molecule has 0 saturated heterocycles. The lowest BCUT2D eigenvalue weighted by Crippen LogP contribution is -1.96. The fourth-order valence-electron chi connectivity index (χ4n) is 1.47. The lowest BCUT2D eigenvalue weighted by atomic mass is 10.3. The number of benzene rings is 1. The van der Waals surface area contributed by atoms with E-state index in [1.54, 1.807) is 29.5 Å². The van der Waals surface area contributed by atoms with Gasteiger partial charge in [-0.25, -0.2) is 4.98 Å². The molecule has 2 rings (SSSR count). The molecule has 0 amide bonds. The van der Waals surface area contributed by atoms with Crippen molar-refractivity contribution in [2.75, 3.05) is 0 Å². The van der Waals surface area contributed by atoms with Gasteiger partial charge in [-0.3, -0.25) is 0 Å². The Balaban J connectivity index is 1.93. The van der Waals surface area contributed by atoms with Gasteiger partial charge in [0.25, 0.3) is 0 Å². The van der Waals surface area contributed by atoms with Crippen molar-refractivity contribution in [1.82, 2.24) is 4.98 Å². The van der Waals surface area contributed by atoms with Crippen molar-refractivity contribution in [1.29, 1.82) is 0 Å². The van der Waals surface area contributed by atoms with Crippen LogP contribution in [0.15, 0.2) is 29.6 Å². The van der Waals surface area contributed by atoms with E-state index in [1.807, 2.05) is 11.4 Å². The van der Waals surface area contributed by atoms with Gasteiger partial charge in [-0.2, -0.15) is 0 Å². The summed E-state index contributed by atoms with van der Waals surface area (Å²) in [4.78, 5) is 4.47. The molecule has 1 aromatic carbocycles. The average molecular weight is 249 g/mol. The molecule has 0 atom stereocenters. The summed E-state index contributed by atoms with van der Waals surface area (Å²) < 4.78 is 5.55. The average Bonchev–Trinajstić information content (AvgIpc) is 2.75. The number of aromatic hydroxyl groups is 1. The van der Waals surface area contributed by atoms with Crippen LogP contribution in [0.1, 0.15) is 24.0 Å². The van der Waals surface area contributed by atoms with Gasteiger partial charge in [-0.15, -0.1) is 11.3 Å². The Morgan fingerprint density at radius 1 is 1.41 bits per heavy atom. The number of ether oxygens (including phenoxy) is 1. The summed E-state index contributed by atoms with van der Waals surface area (Å²) in [7, 11) is 0. The summed E-state index contributed by atoms with van der Waals surface area (Å²) in [6, 6.07) is 6.79. The molecule has 0 spiro atoms. The Hall–Kier alpha value is -1.55. The normalized spacial score (nSPS) is 10.4. The van der Waals surface area contributed by atoms with Gasteiger partial charge in [0.15, 0.2) is 0 Å². The molecule has 90 valence electrons. The monoisotopic (exact) mass is 249 g/mol. The number of hydrogen-bond acceptors (Lipinski definition) is 4. The van der Waals surface area contributed by atoms with Crippen molar-refractivity contribution in [3.8, 4) is 11.5 Å². The second-order valence-corrected chi connectivity index (χ2v) is 4.71. The molecule has 1 heterocycles. The van der Waals surface area contributed by atoms with Crippen LogP contribution >= 0.6 is 11.3 Å². The van der Waals surface area contributed by atoms with E-state index in [2.05, 4.69) is 11.9 Å². The van der Waals surface area contributed by atoms with Crippen molar-refractivity contribution in [2.45, 2.75) is 26.4 Å². The Labute approximate surface area is 105 Å². The molecule has 0 bridgehead atoms. The fourth-order valence-corrected chi connectivity index (χ4v) is 2.36. The Kier molecular flexibility index (Phi) is 3.98. The summed E-state index contributed by atoms with van der Waals surface area (Å²) in [5.41, 5.74) is 0.946. The van der Waals surface area contributed by atoms with Crippen LogP contribution in [0.4, 0.5) is 0 Å². The van der Waals surface area contributed by atoms with E-state index in [9.17, 15) is 5.11 Å². The molecule has 0 aliphatic rings. The largest absolute Gasteiger partial charge is 0.508 e. The van der Waals surface area contributed by atoms with Crippen LogP contribution in [0.3, 0.4) is 0 Å². The highest BCUT2D eigenvalue weighted by Gasteiger charge is 2.02. The maximum atomic E-state index is 9.29. The third kappa shape index (κ3) is 3.46. The van der Waals surface area contributed by atoms with E-state index in [-0.39, 0.29) is 5.75 Å². The van der Waals surface area contributed by atoms with E-state index in [4.69, 9.17) is 4.74 Å². The van der Waals surface area contributed by atoms with Crippen LogP contribution in [0.5, 0.6) is 11.5 Å². The zero-order valence-corrected chi connectivity index (χ0v) is 10.5. The van der Waals surface area contributed by atoms with Crippen molar-refractivity contribution in [3.63, 3.8) is 0 Å². The molecule has 0 radical (unpaired) electrons. The zero-order chi connectivity index (χ0) is 12.1. The zero-order valence-electron chi connectivity index (χ0n) is 9.72. The predicted octanol–water partition coefficient (Wildman–Crippen LogP) is 3.38. The predicted molar refractivity (Wildman–Crippen MR) is 68.5 cm³/mol. The van der Waals surface area contributed by atoms with Gasteiger partial charge in [0.1, 0.15) is 18.1 Å². The molecule has 1 aromatic heterocycles. The molecule has 2 aromatic rings. The van der Waals surface area contributed by atoms with Gasteiger partial charge in [0.05, 0.1) is 10.7 Å². The maximum Gasteiger partial charge on any atom is 0.131 e. The van der Waals surface area contributed by atoms with Gasteiger partial charge in [0.2, 0.25) is 0 Å². The molecule has 3 nitrogen and oxygen atoms in total. The van der Waals surface area contributed by atoms with E-state index in [0.29, 0.717) is 12.4 Å². The quantitative estimate of drug-likeness (QED) is 0.883. The SMILES string of the molecule is CCCc1nc(COc2cccc(O)c2)cs1. The first kappa shape index (κ1) is 11.9. The smallest absolute Gasteiger partial charge is 0.131 e. The summed E-state index contributed by atoms with van der Waals surface area (Å²) in [6.45, 7) is 2.59. The minimum absolute atomic E-state index is 0.215. The molecule has 0 fully saturated rings. The number of aryl methyl sites for hydroxylation is 1. The van der Waals surface area contributed by atoms with E-state index in [0.717, 1.165) is 23.5 Å². The number of nitrogens with zero attached hydrogens (tertiary/aromatic N) is 1. The summed E-state index contributed by atoms with van der Waals surface area (Å²) in [5, 5.41) is 12.5. The molecular formula is C13H15NO2S. The summed E-state index contributed by atoms with van der Waals surface area (Å²) in [6.07, 6.45) is 2.14. The number of aromatic nitrogens is 1. The highest BCUT2D eigenvalue weighted by molar-refractivity contribution is 7.09. The van der Waals surface area contributed by atoms with Crippen LogP contribution in [-0.2, 0) is 13.0 Å². The first-order valence-electron chi connectivity index (χ1n) is 5.63. The van der Waals surface area contributed by atoms with Crippen molar-refractivity contribution >= 4 is 11.3 Å². The Morgan fingerprint density at radius 2 is 2.29 bits per heavy atom. The third-order valence-corrected chi connectivity index (χ3v) is 3.22. The van der Waals surface area contributed by atoms with Gasteiger partial charge in [-0.1, -0.05) is 13.0 Å². The van der Waals surface area contributed by atoms with Crippen molar-refractivity contribution in [3.05, 3.63) is 40.3 Å². The van der Waals surface area contributed by atoms with Crippen LogP contribution < -0.4 is 4.74 Å². The molecule has 0 aliphatic heterocycles. The van der Waals surface area contributed by atoms with Crippen LogP contribution in [-0.4, -0.2) is 10.1 Å². The molecule has 0 aliphatic carbocycles. The first-order valence-corrected chi connectivity index (χ1v) is 6.51. The molecule has 17 heavy (non-hydrogen) atoms. The number of thiazole rings is 1. The number of hydrogen-bond donors (Lipinski definition) is 1. The topological polar surface area (TPSA) is 42.4 Å². The van der Waals surface area contributed by atoms with E-state index >= 15 is 0 Å². The highest BCUT2D eigenvalue weighted by atomic mass is 32.1. The van der Waals surface area contributed by atoms with Gasteiger partial charge < -0.3 is 9.84 Å². The van der Waals surface area contributed by atoms with E-state index in [1.165, 1.54) is 0 Å². The van der Waals surface area contributed by atoms with Crippen molar-refractivity contribution < 1.29 is 9.84 Å². The van der Waals surface area contributed by atoms with Crippen LogP contribution in [0, 0.1) is 0 Å². The second kappa shape index (κ2) is 5.68. The number of phenols is 1.